The third-order valence-electron chi connectivity index (χ3n) is 2.12. The molecular formula is C11H12N2O3. The fourth-order valence-electron chi connectivity index (χ4n) is 1.33. The van der Waals surface area contributed by atoms with Crippen LogP contribution in [0.1, 0.15) is 5.89 Å². The summed E-state index contributed by atoms with van der Waals surface area (Å²) in [5.41, 5.74) is 0.826. The van der Waals surface area contributed by atoms with Gasteiger partial charge in [-0.15, -0.1) is 0 Å². The van der Waals surface area contributed by atoms with Gasteiger partial charge in [-0.2, -0.15) is 4.98 Å². The highest BCUT2D eigenvalue weighted by atomic mass is 16.5. The maximum absolute atomic E-state index is 8.73. The number of aliphatic hydroxyl groups is 1. The lowest BCUT2D eigenvalue weighted by Crippen LogP contribution is -1.90. The second-order valence-corrected chi connectivity index (χ2v) is 3.22. The molecule has 0 amide bonds. The normalized spacial score (nSPS) is 10.4. The highest BCUT2D eigenvalue weighted by Crippen LogP contribution is 2.21. The summed E-state index contributed by atoms with van der Waals surface area (Å²) >= 11 is 0. The maximum Gasteiger partial charge on any atom is 0.229 e. The highest BCUT2D eigenvalue weighted by molar-refractivity contribution is 5.56. The fourth-order valence-corrected chi connectivity index (χ4v) is 1.33. The number of rotatable bonds is 4. The summed E-state index contributed by atoms with van der Waals surface area (Å²) in [6, 6.07) is 7.40. The van der Waals surface area contributed by atoms with E-state index in [4.69, 9.17) is 14.4 Å². The molecule has 5 heteroatoms. The summed E-state index contributed by atoms with van der Waals surface area (Å²) in [4.78, 5) is 4.15. The lowest BCUT2D eigenvalue weighted by atomic mass is 10.2. The fraction of sp³-hybridized carbons (Fsp3) is 0.273. The van der Waals surface area contributed by atoms with Crippen molar-refractivity contribution < 1.29 is 14.4 Å². The van der Waals surface area contributed by atoms with Crippen molar-refractivity contribution >= 4 is 0 Å². The van der Waals surface area contributed by atoms with E-state index in [1.54, 1.807) is 7.11 Å². The van der Waals surface area contributed by atoms with E-state index in [0.717, 1.165) is 11.3 Å². The van der Waals surface area contributed by atoms with Gasteiger partial charge in [0.15, 0.2) is 0 Å². The molecule has 0 bridgehead atoms. The van der Waals surface area contributed by atoms with E-state index in [1.165, 1.54) is 0 Å². The number of aromatic nitrogens is 2. The zero-order chi connectivity index (χ0) is 11.4. The summed E-state index contributed by atoms with van der Waals surface area (Å²) in [6.45, 7) is -0.000254. The predicted octanol–water partition coefficient (Wildman–Crippen LogP) is 1.28. The average molecular weight is 220 g/mol. The zero-order valence-electron chi connectivity index (χ0n) is 8.88. The molecule has 1 N–H and O–H groups in total. The van der Waals surface area contributed by atoms with Crippen molar-refractivity contribution in [3.8, 4) is 17.1 Å². The van der Waals surface area contributed by atoms with Gasteiger partial charge in [0.1, 0.15) is 5.75 Å². The van der Waals surface area contributed by atoms with Gasteiger partial charge in [-0.25, -0.2) is 0 Å². The minimum absolute atomic E-state index is 0.000254. The molecule has 84 valence electrons. The van der Waals surface area contributed by atoms with Gasteiger partial charge in [-0.3, -0.25) is 0 Å². The molecule has 0 saturated heterocycles. The van der Waals surface area contributed by atoms with E-state index in [0.29, 0.717) is 18.1 Å². The van der Waals surface area contributed by atoms with Crippen LogP contribution >= 0.6 is 0 Å². The molecule has 0 saturated carbocycles. The Morgan fingerprint density at radius 3 is 3.06 bits per heavy atom. The maximum atomic E-state index is 8.73. The van der Waals surface area contributed by atoms with Crippen LogP contribution in [0.4, 0.5) is 0 Å². The summed E-state index contributed by atoms with van der Waals surface area (Å²) in [6.07, 6.45) is 0.372. The lowest BCUT2D eigenvalue weighted by molar-refractivity contribution is 0.274. The molecule has 1 heterocycles. The van der Waals surface area contributed by atoms with Gasteiger partial charge in [-0.05, 0) is 12.1 Å². The Balaban J connectivity index is 2.27. The summed E-state index contributed by atoms with van der Waals surface area (Å²) in [5.74, 6) is 1.67. The van der Waals surface area contributed by atoms with Crippen LogP contribution in [-0.2, 0) is 6.42 Å². The van der Waals surface area contributed by atoms with Gasteiger partial charge < -0.3 is 14.4 Å². The van der Waals surface area contributed by atoms with E-state index in [9.17, 15) is 0 Å². The minimum atomic E-state index is -0.000254. The third kappa shape index (κ3) is 2.20. The largest absolute Gasteiger partial charge is 0.497 e. The van der Waals surface area contributed by atoms with Crippen molar-refractivity contribution in [3.63, 3.8) is 0 Å². The molecule has 0 aliphatic heterocycles. The summed E-state index contributed by atoms with van der Waals surface area (Å²) < 4.78 is 10.1. The summed E-state index contributed by atoms with van der Waals surface area (Å²) in [7, 11) is 1.60. The van der Waals surface area contributed by atoms with Crippen LogP contribution in [0.2, 0.25) is 0 Å². The van der Waals surface area contributed by atoms with Crippen LogP contribution in [0.25, 0.3) is 11.4 Å². The van der Waals surface area contributed by atoms with E-state index >= 15 is 0 Å². The first kappa shape index (κ1) is 10.6. The van der Waals surface area contributed by atoms with Gasteiger partial charge in [0, 0.05) is 5.56 Å². The van der Waals surface area contributed by atoms with Gasteiger partial charge in [0.25, 0.3) is 0 Å². The van der Waals surface area contributed by atoms with Crippen molar-refractivity contribution in [2.45, 2.75) is 6.42 Å². The molecule has 0 aliphatic rings. The first-order valence-electron chi connectivity index (χ1n) is 4.91. The Bertz CT molecular complexity index is 468. The first-order chi connectivity index (χ1) is 7.83. The molecule has 5 nitrogen and oxygen atoms in total. The predicted molar refractivity (Wildman–Crippen MR) is 57.1 cm³/mol. The van der Waals surface area contributed by atoms with Crippen molar-refractivity contribution in [2.75, 3.05) is 13.7 Å². The van der Waals surface area contributed by atoms with Crippen molar-refractivity contribution in [3.05, 3.63) is 30.2 Å². The SMILES string of the molecule is COc1cccc(-c2noc(CCO)n2)c1. The first-order valence-corrected chi connectivity index (χ1v) is 4.91. The summed E-state index contributed by atoms with van der Waals surface area (Å²) in [5, 5.41) is 12.6. The molecule has 0 aliphatic carbocycles. The molecule has 2 rings (SSSR count). The Labute approximate surface area is 92.7 Å². The second kappa shape index (κ2) is 4.76. The van der Waals surface area contributed by atoms with Crippen LogP contribution in [0.5, 0.6) is 5.75 Å². The highest BCUT2D eigenvalue weighted by Gasteiger charge is 2.08. The zero-order valence-corrected chi connectivity index (χ0v) is 8.88. The van der Waals surface area contributed by atoms with Crippen LogP contribution in [-0.4, -0.2) is 29.0 Å². The number of benzene rings is 1. The van der Waals surface area contributed by atoms with Crippen LogP contribution < -0.4 is 4.74 Å². The van der Waals surface area contributed by atoms with Crippen molar-refractivity contribution in [1.82, 2.24) is 10.1 Å². The van der Waals surface area contributed by atoms with Gasteiger partial charge >= 0.3 is 0 Å². The van der Waals surface area contributed by atoms with E-state index < -0.39 is 0 Å². The number of ether oxygens (including phenoxy) is 1. The molecule has 0 spiro atoms. The Morgan fingerprint density at radius 1 is 1.44 bits per heavy atom. The minimum Gasteiger partial charge on any atom is -0.497 e. The van der Waals surface area contributed by atoms with E-state index in [2.05, 4.69) is 10.1 Å². The Hall–Kier alpha value is -1.88. The Kier molecular flexibility index (Phi) is 3.16. The Morgan fingerprint density at radius 2 is 2.31 bits per heavy atom. The molecule has 0 fully saturated rings. The molecule has 0 unspecified atom stereocenters. The van der Waals surface area contributed by atoms with Crippen LogP contribution in [0.15, 0.2) is 28.8 Å². The van der Waals surface area contributed by atoms with Crippen molar-refractivity contribution in [1.29, 1.82) is 0 Å². The quantitative estimate of drug-likeness (QED) is 0.840. The number of aliphatic hydroxyl groups excluding tert-OH is 1. The number of nitrogens with zero attached hydrogens (tertiary/aromatic N) is 2. The van der Waals surface area contributed by atoms with E-state index in [1.807, 2.05) is 24.3 Å². The van der Waals surface area contributed by atoms with Gasteiger partial charge in [0.2, 0.25) is 11.7 Å². The molecular weight excluding hydrogens is 208 g/mol. The molecule has 16 heavy (non-hydrogen) atoms. The average Bonchev–Trinajstić information content (AvgIpc) is 2.78. The number of hydrogen-bond donors (Lipinski definition) is 1. The smallest absolute Gasteiger partial charge is 0.229 e. The topological polar surface area (TPSA) is 68.4 Å². The van der Waals surface area contributed by atoms with Gasteiger partial charge in [0.05, 0.1) is 20.1 Å². The van der Waals surface area contributed by atoms with E-state index in [-0.39, 0.29) is 6.61 Å². The monoisotopic (exact) mass is 220 g/mol. The van der Waals surface area contributed by atoms with Crippen molar-refractivity contribution in [2.24, 2.45) is 0 Å². The van der Waals surface area contributed by atoms with Gasteiger partial charge in [-0.1, -0.05) is 17.3 Å². The standard InChI is InChI=1S/C11H12N2O3/c1-15-9-4-2-3-8(7-9)11-12-10(5-6-14)16-13-11/h2-4,7,14H,5-6H2,1H3. The molecule has 2 aromatic rings. The molecule has 0 atom stereocenters. The second-order valence-electron chi connectivity index (χ2n) is 3.22. The third-order valence-corrected chi connectivity index (χ3v) is 2.12. The molecule has 0 radical (unpaired) electrons. The molecule has 1 aromatic heterocycles. The number of hydrogen-bond acceptors (Lipinski definition) is 5. The van der Waals surface area contributed by atoms with Crippen LogP contribution in [0.3, 0.4) is 0 Å². The number of methoxy groups -OCH3 is 1. The van der Waals surface area contributed by atoms with Crippen LogP contribution in [0, 0.1) is 0 Å². The lowest BCUT2D eigenvalue weighted by Gasteiger charge is -1.99. The molecule has 1 aromatic carbocycles.